The normalized spacial score (nSPS) is 10.0. The maximum atomic E-state index is 11.0. The van der Waals surface area contributed by atoms with Crippen molar-refractivity contribution in [3.8, 4) is 0 Å². The summed E-state index contributed by atoms with van der Waals surface area (Å²) in [6, 6.07) is 0. The van der Waals surface area contributed by atoms with E-state index in [0.717, 1.165) is 0 Å². The molecule has 10 heavy (non-hydrogen) atoms. The summed E-state index contributed by atoms with van der Waals surface area (Å²) < 4.78 is 43.6. The van der Waals surface area contributed by atoms with Gasteiger partial charge in [-0.1, -0.05) is 0 Å². The average Bonchev–Trinajstić information content (AvgIpc) is 1.62. The summed E-state index contributed by atoms with van der Waals surface area (Å²) in [5.41, 5.74) is 0. The van der Waals surface area contributed by atoms with Crippen molar-refractivity contribution in [1.29, 1.82) is 0 Å². The van der Waals surface area contributed by atoms with Gasteiger partial charge in [0, 0.05) is 4.53 Å². The van der Waals surface area contributed by atoms with E-state index in [1.165, 1.54) is 0 Å². The molecule has 0 atom stereocenters. The van der Waals surface area contributed by atoms with Gasteiger partial charge >= 0.3 is 41.7 Å². The second-order valence-electron chi connectivity index (χ2n) is 1.24. The van der Waals surface area contributed by atoms with E-state index < -0.39 is 18.6 Å². The molecule has 0 spiro atoms. The molecule has 0 saturated heterocycles. The van der Waals surface area contributed by atoms with Crippen molar-refractivity contribution >= 4 is 35.5 Å². The molecule has 0 saturated carbocycles. The van der Waals surface area contributed by atoms with E-state index in [2.05, 4.69) is 4.94 Å². The van der Waals surface area contributed by atoms with E-state index in [4.69, 9.17) is 0 Å². The zero-order chi connectivity index (χ0) is 7.49. The molecule has 0 rings (SSSR count). The second kappa shape index (κ2) is 4.92. The molecule has 0 aromatic heterocycles. The number of rotatable bonds is 1. The zero-order valence-electron chi connectivity index (χ0n) is 4.04. The van der Waals surface area contributed by atoms with Gasteiger partial charge in [0.05, 0.1) is 0 Å². The predicted octanol–water partition coefficient (Wildman–Crippen LogP) is 0.718. The summed E-state index contributed by atoms with van der Waals surface area (Å²) in [5.74, 6) is -1.93. The van der Waals surface area contributed by atoms with E-state index in [0.29, 0.717) is 0 Å². The number of carbonyl (C=O) groups excluding carboxylic acids is 1. The van der Waals surface area contributed by atoms with Crippen molar-refractivity contribution in [1.82, 2.24) is 0 Å². The van der Waals surface area contributed by atoms with Crippen molar-refractivity contribution in [3.63, 3.8) is 0 Å². The van der Waals surface area contributed by atoms with E-state index in [1.807, 2.05) is 0 Å². The summed E-state index contributed by atoms with van der Waals surface area (Å²) in [6.07, 6.45) is -6.58. The molecule has 0 amide bonds. The quantitative estimate of drug-likeness (QED) is 0.428. The summed E-state index contributed by atoms with van der Waals surface area (Å²) >= 11 is 0. The predicted molar refractivity (Wildman–Crippen MR) is 25.0 cm³/mol. The molecular formula is C3H3F4NaO2. The second-order valence-corrected chi connectivity index (χ2v) is 1.24. The van der Waals surface area contributed by atoms with E-state index in [-0.39, 0.29) is 29.6 Å². The Bertz CT molecular complexity index is 112. The average molecular weight is 170 g/mol. The third-order valence-corrected chi connectivity index (χ3v) is 0.431. The van der Waals surface area contributed by atoms with Crippen molar-refractivity contribution in [2.45, 2.75) is 12.6 Å². The van der Waals surface area contributed by atoms with Crippen molar-refractivity contribution in [2.24, 2.45) is 0 Å². The van der Waals surface area contributed by atoms with Gasteiger partial charge in [-0.25, -0.2) is 4.79 Å². The van der Waals surface area contributed by atoms with Crippen LogP contribution in [-0.2, 0) is 9.74 Å². The number of carbonyl (C=O) groups is 1. The molecule has 0 aliphatic carbocycles. The molecule has 0 aromatic carbocycles. The van der Waals surface area contributed by atoms with Gasteiger partial charge in [0.25, 0.3) is 0 Å². The third kappa shape index (κ3) is 8.19. The zero-order valence-corrected chi connectivity index (χ0v) is 4.04. The summed E-state index contributed by atoms with van der Waals surface area (Å²) in [5, 5.41) is 0. The van der Waals surface area contributed by atoms with Crippen LogP contribution in [0.25, 0.3) is 0 Å². The Morgan fingerprint density at radius 2 is 1.80 bits per heavy atom. The Balaban J connectivity index is 0. The molecule has 0 N–H and O–H groups in total. The SMILES string of the molecule is O=C(CC(F)(F)F)OF.[NaH]. The molecule has 7 heteroatoms. The minimum atomic E-state index is -4.69. The molecule has 0 aromatic rings. The first-order valence-electron chi connectivity index (χ1n) is 1.84. The molecule has 2 nitrogen and oxygen atoms in total. The minimum absolute atomic E-state index is 0. The van der Waals surface area contributed by atoms with Crippen LogP contribution in [0.4, 0.5) is 17.7 Å². The molecule has 0 radical (unpaired) electrons. The van der Waals surface area contributed by atoms with Gasteiger partial charge in [-0.05, 0) is 0 Å². The Hall–Kier alpha value is 0.190. The Labute approximate surface area is 75.7 Å². The van der Waals surface area contributed by atoms with Gasteiger partial charge in [-0.3, -0.25) is 4.94 Å². The summed E-state index contributed by atoms with van der Waals surface area (Å²) in [6.45, 7) is 0. The van der Waals surface area contributed by atoms with Crippen molar-refractivity contribution in [2.75, 3.05) is 0 Å². The van der Waals surface area contributed by atoms with Crippen LogP contribution in [0.5, 0.6) is 0 Å². The van der Waals surface area contributed by atoms with Crippen LogP contribution in [0.1, 0.15) is 6.42 Å². The fourth-order valence-electron chi connectivity index (χ4n) is 0.191. The van der Waals surface area contributed by atoms with Crippen LogP contribution in [0.15, 0.2) is 0 Å². The molecule has 0 aliphatic heterocycles. The standard InChI is InChI=1S/C3H2F4O2.Na.H/c4-3(5,6)1-2(8)9-7;;/h1H2;;. The molecule has 56 valence electrons. The van der Waals surface area contributed by atoms with Gasteiger partial charge in [-0.2, -0.15) is 13.2 Å². The van der Waals surface area contributed by atoms with Crippen LogP contribution in [0.2, 0.25) is 0 Å². The molecule has 0 fully saturated rings. The molecule has 0 bridgehead atoms. The maximum absolute atomic E-state index is 11.0. The summed E-state index contributed by atoms with van der Waals surface area (Å²) in [4.78, 5) is 11.8. The fraction of sp³-hybridized carbons (Fsp3) is 0.667. The first-order valence-corrected chi connectivity index (χ1v) is 1.84. The van der Waals surface area contributed by atoms with Crippen LogP contribution < -0.4 is 0 Å². The first kappa shape index (κ1) is 12.8. The summed E-state index contributed by atoms with van der Waals surface area (Å²) in [7, 11) is 0. The van der Waals surface area contributed by atoms with Gasteiger partial charge in [0.1, 0.15) is 6.42 Å². The third-order valence-electron chi connectivity index (χ3n) is 0.431. The molecule has 0 aliphatic rings. The van der Waals surface area contributed by atoms with Crippen LogP contribution >= 0.6 is 0 Å². The number of alkyl halides is 3. The van der Waals surface area contributed by atoms with Gasteiger partial charge < -0.3 is 0 Å². The van der Waals surface area contributed by atoms with Crippen LogP contribution in [0.3, 0.4) is 0 Å². The monoisotopic (exact) mass is 170 g/mol. The fourth-order valence-corrected chi connectivity index (χ4v) is 0.191. The molecule has 0 unspecified atom stereocenters. The Morgan fingerprint density at radius 1 is 1.40 bits per heavy atom. The van der Waals surface area contributed by atoms with Gasteiger partial charge in [-0.15, -0.1) is 0 Å². The van der Waals surface area contributed by atoms with E-state index >= 15 is 0 Å². The number of halogens is 4. The first-order chi connectivity index (χ1) is 3.95. The number of hydrogen-bond acceptors (Lipinski definition) is 2. The molecule has 0 heterocycles. The topological polar surface area (TPSA) is 26.3 Å². The van der Waals surface area contributed by atoms with Crippen molar-refractivity contribution < 1.29 is 27.4 Å². The van der Waals surface area contributed by atoms with Crippen LogP contribution in [-0.4, -0.2) is 41.7 Å². The number of hydrogen-bond donors (Lipinski definition) is 0. The molecular weight excluding hydrogens is 167 g/mol. The van der Waals surface area contributed by atoms with Crippen molar-refractivity contribution in [3.05, 3.63) is 0 Å². The van der Waals surface area contributed by atoms with Gasteiger partial charge in [0.15, 0.2) is 0 Å². The van der Waals surface area contributed by atoms with E-state index in [9.17, 15) is 22.5 Å². The Morgan fingerprint density at radius 3 is 1.90 bits per heavy atom. The Kier molecular flexibility index (Phi) is 6.32. The van der Waals surface area contributed by atoms with Gasteiger partial charge in [0.2, 0.25) is 0 Å². The van der Waals surface area contributed by atoms with Crippen LogP contribution in [0, 0.1) is 0 Å². The van der Waals surface area contributed by atoms with E-state index in [1.54, 1.807) is 0 Å².